The summed E-state index contributed by atoms with van der Waals surface area (Å²) in [6.45, 7) is 0.547. The number of hydrogen-bond acceptors (Lipinski definition) is 4. The lowest BCUT2D eigenvalue weighted by molar-refractivity contribution is -0.109. The second-order valence-electron chi connectivity index (χ2n) is 2.59. The van der Waals surface area contributed by atoms with Gasteiger partial charge in [0.2, 0.25) is 0 Å². The molecule has 0 aliphatic carbocycles. The molecule has 0 aliphatic rings. The van der Waals surface area contributed by atoms with E-state index in [1.54, 1.807) is 7.05 Å². The van der Waals surface area contributed by atoms with Crippen molar-refractivity contribution in [3.05, 3.63) is 0 Å². The third-order valence-electron chi connectivity index (χ3n) is 1.45. The number of nitrogens with two attached hydrogens (primary N) is 1. The summed E-state index contributed by atoms with van der Waals surface area (Å²) in [5.74, 6) is 0. The van der Waals surface area contributed by atoms with Gasteiger partial charge in [-0.25, -0.2) is 0 Å². The van der Waals surface area contributed by atoms with E-state index in [1.165, 1.54) is 0 Å². The number of aliphatic hydroxyl groups is 1. The highest BCUT2D eigenvalue weighted by Crippen LogP contribution is 1.97. The maximum Gasteiger partial charge on any atom is 0.136 e. The molecule has 2 atom stereocenters. The van der Waals surface area contributed by atoms with E-state index in [2.05, 4.69) is 5.32 Å². The summed E-state index contributed by atoms with van der Waals surface area (Å²) in [5, 5.41) is 12.0. The zero-order valence-electron chi connectivity index (χ0n) is 6.79. The minimum Gasteiger partial charge on any atom is -0.392 e. The van der Waals surface area contributed by atoms with Gasteiger partial charge in [0.25, 0.3) is 0 Å². The largest absolute Gasteiger partial charge is 0.392 e. The second-order valence-corrected chi connectivity index (χ2v) is 2.59. The molecule has 0 heterocycles. The highest BCUT2D eigenvalue weighted by Gasteiger charge is 2.05. The van der Waals surface area contributed by atoms with E-state index < -0.39 is 12.1 Å². The van der Waals surface area contributed by atoms with Crippen LogP contribution in [-0.4, -0.2) is 37.1 Å². The minimum absolute atomic E-state index is 0.397. The molecule has 0 radical (unpaired) electrons. The standard InChI is InChI=1S/C7H16N2O2/c1-9-4-7(11)3-2-6(8)5-10/h5-7,9,11H,2-4,8H2,1H3/t6-,7+/m1/s1. The second kappa shape index (κ2) is 6.27. The Hall–Kier alpha value is -0.450. The first-order valence-corrected chi connectivity index (χ1v) is 3.74. The third-order valence-corrected chi connectivity index (χ3v) is 1.45. The Morgan fingerprint density at radius 3 is 2.73 bits per heavy atom. The van der Waals surface area contributed by atoms with E-state index in [0.717, 1.165) is 0 Å². The van der Waals surface area contributed by atoms with Crippen LogP contribution in [0, 0.1) is 0 Å². The van der Waals surface area contributed by atoms with E-state index in [1.807, 2.05) is 0 Å². The number of carbonyl (C=O) groups is 1. The summed E-state index contributed by atoms with van der Waals surface area (Å²) in [6.07, 6.45) is 1.42. The molecule has 0 aliphatic heterocycles. The smallest absolute Gasteiger partial charge is 0.136 e. The number of aliphatic hydroxyl groups excluding tert-OH is 1. The fraction of sp³-hybridized carbons (Fsp3) is 0.857. The van der Waals surface area contributed by atoms with E-state index in [-0.39, 0.29) is 0 Å². The minimum atomic E-state index is -0.429. The molecule has 0 rings (SSSR count). The van der Waals surface area contributed by atoms with E-state index in [0.29, 0.717) is 25.7 Å². The van der Waals surface area contributed by atoms with Gasteiger partial charge < -0.3 is 21.0 Å². The van der Waals surface area contributed by atoms with Crippen LogP contribution in [-0.2, 0) is 4.79 Å². The summed E-state index contributed by atoms with van der Waals surface area (Å²) in [6, 6.07) is -0.429. The molecule has 4 N–H and O–H groups in total. The Bertz CT molecular complexity index is 109. The highest BCUT2D eigenvalue weighted by molar-refractivity contribution is 5.56. The lowest BCUT2D eigenvalue weighted by atomic mass is 10.1. The molecular weight excluding hydrogens is 144 g/mol. The SMILES string of the molecule is CNC[C@@H](O)CC[C@@H](N)C=O. The van der Waals surface area contributed by atoms with Crippen molar-refractivity contribution < 1.29 is 9.90 Å². The zero-order chi connectivity index (χ0) is 8.69. The predicted molar refractivity (Wildman–Crippen MR) is 43.2 cm³/mol. The molecule has 0 fully saturated rings. The van der Waals surface area contributed by atoms with Gasteiger partial charge in [-0.15, -0.1) is 0 Å². The Labute approximate surface area is 66.8 Å². The number of nitrogens with one attached hydrogen (secondary N) is 1. The quantitative estimate of drug-likeness (QED) is 0.430. The molecule has 0 saturated carbocycles. The van der Waals surface area contributed by atoms with Gasteiger partial charge in [0.15, 0.2) is 0 Å². The van der Waals surface area contributed by atoms with Gasteiger partial charge in [-0.1, -0.05) is 0 Å². The van der Waals surface area contributed by atoms with Crippen LogP contribution in [0.5, 0.6) is 0 Å². The summed E-state index contributed by atoms with van der Waals surface area (Å²) in [5.41, 5.74) is 5.32. The highest BCUT2D eigenvalue weighted by atomic mass is 16.3. The van der Waals surface area contributed by atoms with Crippen LogP contribution in [0.15, 0.2) is 0 Å². The summed E-state index contributed by atoms with van der Waals surface area (Å²) in [7, 11) is 1.77. The van der Waals surface area contributed by atoms with E-state index in [4.69, 9.17) is 10.8 Å². The van der Waals surface area contributed by atoms with Gasteiger partial charge in [-0.3, -0.25) is 0 Å². The Balaban J connectivity index is 3.29. The van der Waals surface area contributed by atoms with Crippen LogP contribution < -0.4 is 11.1 Å². The van der Waals surface area contributed by atoms with Crippen molar-refractivity contribution in [1.82, 2.24) is 5.32 Å². The summed E-state index contributed by atoms with van der Waals surface area (Å²) >= 11 is 0. The van der Waals surface area contributed by atoms with Gasteiger partial charge in [0.1, 0.15) is 6.29 Å². The molecule has 0 aromatic heterocycles. The fourth-order valence-corrected chi connectivity index (χ4v) is 0.791. The molecule has 0 spiro atoms. The monoisotopic (exact) mass is 160 g/mol. The average Bonchev–Trinajstić information content (AvgIpc) is 2.01. The number of rotatable bonds is 6. The van der Waals surface area contributed by atoms with Crippen LogP contribution in [0.4, 0.5) is 0 Å². The molecule has 0 aromatic carbocycles. The molecule has 0 bridgehead atoms. The lowest BCUT2D eigenvalue weighted by Crippen LogP contribution is -2.28. The Kier molecular flexibility index (Phi) is 6.02. The maximum atomic E-state index is 10.1. The van der Waals surface area contributed by atoms with Gasteiger partial charge >= 0.3 is 0 Å². The van der Waals surface area contributed by atoms with Gasteiger partial charge in [0, 0.05) is 6.54 Å². The molecule has 0 unspecified atom stereocenters. The normalized spacial score (nSPS) is 15.9. The summed E-state index contributed by atoms with van der Waals surface area (Å²) in [4.78, 5) is 10.1. The molecule has 11 heavy (non-hydrogen) atoms. The van der Waals surface area contributed by atoms with Crippen LogP contribution in [0.25, 0.3) is 0 Å². The first-order chi connectivity index (χ1) is 5.20. The Morgan fingerprint density at radius 1 is 1.64 bits per heavy atom. The van der Waals surface area contributed by atoms with Crippen molar-refractivity contribution in [2.24, 2.45) is 5.73 Å². The van der Waals surface area contributed by atoms with E-state index >= 15 is 0 Å². The first-order valence-electron chi connectivity index (χ1n) is 3.74. The maximum absolute atomic E-state index is 10.1. The number of hydrogen-bond donors (Lipinski definition) is 3. The first kappa shape index (κ1) is 10.6. The number of aldehydes is 1. The van der Waals surface area contributed by atoms with Crippen molar-refractivity contribution >= 4 is 6.29 Å². The molecule has 4 heteroatoms. The molecule has 4 nitrogen and oxygen atoms in total. The number of carbonyl (C=O) groups excluding carboxylic acids is 1. The average molecular weight is 160 g/mol. The topological polar surface area (TPSA) is 75.3 Å². The van der Waals surface area contributed by atoms with Crippen molar-refractivity contribution in [2.75, 3.05) is 13.6 Å². The van der Waals surface area contributed by atoms with Gasteiger partial charge in [-0.2, -0.15) is 0 Å². The molecule has 0 saturated heterocycles. The van der Waals surface area contributed by atoms with Crippen molar-refractivity contribution in [2.45, 2.75) is 25.0 Å². The molecular formula is C7H16N2O2. The van der Waals surface area contributed by atoms with Crippen LogP contribution >= 0.6 is 0 Å². The van der Waals surface area contributed by atoms with Gasteiger partial charge in [-0.05, 0) is 19.9 Å². The Morgan fingerprint density at radius 2 is 2.27 bits per heavy atom. The number of likely N-dealkylation sites (N-methyl/N-ethyl adjacent to an activating group) is 1. The molecule has 0 aromatic rings. The molecule has 0 amide bonds. The zero-order valence-corrected chi connectivity index (χ0v) is 6.79. The summed E-state index contributed by atoms with van der Waals surface area (Å²) < 4.78 is 0. The lowest BCUT2D eigenvalue weighted by Gasteiger charge is -2.10. The van der Waals surface area contributed by atoms with Crippen LogP contribution in [0.3, 0.4) is 0 Å². The van der Waals surface area contributed by atoms with Crippen LogP contribution in [0.1, 0.15) is 12.8 Å². The van der Waals surface area contributed by atoms with Gasteiger partial charge in [0.05, 0.1) is 12.1 Å². The van der Waals surface area contributed by atoms with E-state index in [9.17, 15) is 4.79 Å². The third kappa shape index (κ3) is 5.97. The van der Waals surface area contributed by atoms with Crippen molar-refractivity contribution in [3.63, 3.8) is 0 Å². The fourth-order valence-electron chi connectivity index (χ4n) is 0.791. The van der Waals surface area contributed by atoms with Crippen molar-refractivity contribution in [3.8, 4) is 0 Å². The van der Waals surface area contributed by atoms with Crippen LogP contribution in [0.2, 0.25) is 0 Å². The molecule has 66 valence electrons. The van der Waals surface area contributed by atoms with Crippen molar-refractivity contribution in [1.29, 1.82) is 0 Å². The predicted octanol–water partition coefficient (Wildman–Crippen LogP) is -1.13.